The highest BCUT2D eigenvalue weighted by molar-refractivity contribution is 14.0. The lowest BCUT2D eigenvalue weighted by Gasteiger charge is -2.26. The number of hydrogen-bond donors (Lipinski definition) is 4. The van der Waals surface area contributed by atoms with Gasteiger partial charge in [-0.05, 0) is 36.2 Å². The first kappa shape index (κ1) is 23.9. The summed E-state index contributed by atoms with van der Waals surface area (Å²) < 4.78 is 5.21. The molecule has 2 atom stereocenters. The van der Waals surface area contributed by atoms with Crippen molar-refractivity contribution in [1.29, 1.82) is 0 Å². The zero-order chi connectivity index (χ0) is 20.6. The van der Waals surface area contributed by atoms with Crippen molar-refractivity contribution in [2.24, 2.45) is 4.99 Å². The maximum Gasteiger partial charge on any atom is 0.225 e. The fraction of sp³-hybridized carbons (Fsp3) is 0.364. The molecule has 8 heteroatoms. The van der Waals surface area contributed by atoms with Crippen LogP contribution in [0.1, 0.15) is 36.5 Å². The quantitative estimate of drug-likeness (QED) is 0.254. The molecule has 2 aromatic carbocycles. The highest BCUT2D eigenvalue weighted by atomic mass is 127. The number of carbonyl (C=O) groups excluding carboxylic acids is 1. The van der Waals surface area contributed by atoms with Crippen LogP contribution in [0.5, 0.6) is 5.75 Å². The molecule has 162 valence electrons. The van der Waals surface area contributed by atoms with Gasteiger partial charge in [0.25, 0.3) is 0 Å². The van der Waals surface area contributed by atoms with Gasteiger partial charge in [-0.15, -0.1) is 24.0 Å². The molecule has 30 heavy (non-hydrogen) atoms. The number of ether oxygens (including phenoxy) is 1. The lowest BCUT2D eigenvalue weighted by Crippen LogP contribution is -2.41. The molecule has 0 aliphatic carbocycles. The van der Waals surface area contributed by atoms with E-state index >= 15 is 0 Å². The van der Waals surface area contributed by atoms with E-state index in [0.717, 1.165) is 16.8 Å². The number of amides is 1. The Hall–Kier alpha value is -2.33. The number of nitrogens with zero attached hydrogens (tertiary/aromatic N) is 1. The van der Waals surface area contributed by atoms with Crippen molar-refractivity contribution in [3.63, 3.8) is 0 Å². The molecule has 2 unspecified atom stereocenters. The van der Waals surface area contributed by atoms with Gasteiger partial charge < -0.3 is 25.8 Å². The molecule has 1 aliphatic heterocycles. The average molecular weight is 524 g/mol. The maximum atomic E-state index is 12.0. The molecule has 0 fully saturated rings. The van der Waals surface area contributed by atoms with E-state index in [-0.39, 0.29) is 42.3 Å². The third-order valence-electron chi connectivity index (χ3n) is 4.87. The number of benzene rings is 2. The average Bonchev–Trinajstić information content (AvgIpc) is 2.75. The summed E-state index contributed by atoms with van der Waals surface area (Å²) in [6.07, 6.45) is -0.308. The first-order valence-electron chi connectivity index (χ1n) is 9.83. The number of hydrogen-bond acceptors (Lipinski definition) is 4. The summed E-state index contributed by atoms with van der Waals surface area (Å²) in [5.41, 5.74) is 2.74. The monoisotopic (exact) mass is 524 g/mol. The van der Waals surface area contributed by atoms with E-state index in [1.807, 2.05) is 49.4 Å². The highest BCUT2D eigenvalue weighted by Gasteiger charge is 2.24. The Kier molecular flexibility index (Phi) is 9.38. The smallest absolute Gasteiger partial charge is 0.225 e. The predicted molar refractivity (Wildman–Crippen MR) is 130 cm³/mol. The van der Waals surface area contributed by atoms with Gasteiger partial charge in [0.05, 0.1) is 19.8 Å². The van der Waals surface area contributed by atoms with Crippen LogP contribution >= 0.6 is 24.0 Å². The number of anilines is 1. The van der Waals surface area contributed by atoms with Crippen LogP contribution in [0.25, 0.3) is 0 Å². The molecule has 4 N–H and O–H groups in total. The number of nitrogens with one attached hydrogen (secondary N) is 3. The van der Waals surface area contributed by atoms with Gasteiger partial charge >= 0.3 is 0 Å². The first-order chi connectivity index (χ1) is 14.1. The molecule has 3 rings (SSSR count). The topological polar surface area (TPSA) is 95.0 Å². The van der Waals surface area contributed by atoms with Gasteiger partial charge in [0.15, 0.2) is 5.96 Å². The van der Waals surface area contributed by atoms with Gasteiger partial charge in [0.2, 0.25) is 5.91 Å². The largest absolute Gasteiger partial charge is 0.497 e. The summed E-state index contributed by atoms with van der Waals surface area (Å²) in [4.78, 5) is 16.5. The molecular weight excluding hydrogens is 495 g/mol. The molecule has 2 aromatic rings. The van der Waals surface area contributed by atoms with Crippen molar-refractivity contribution in [2.75, 3.05) is 32.1 Å². The number of aliphatic hydroxyl groups is 1. The summed E-state index contributed by atoms with van der Waals surface area (Å²) >= 11 is 0. The van der Waals surface area contributed by atoms with Gasteiger partial charge in [0.1, 0.15) is 5.75 Å². The van der Waals surface area contributed by atoms with Crippen molar-refractivity contribution >= 4 is 41.5 Å². The van der Waals surface area contributed by atoms with E-state index in [2.05, 4.69) is 20.9 Å². The zero-order valence-electron chi connectivity index (χ0n) is 17.2. The number of methoxy groups -OCH3 is 1. The predicted octanol–water partition coefficient (Wildman–Crippen LogP) is 3.03. The van der Waals surface area contributed by atoms with Crippen LogP contribution in [0.4, 0.5) is 5.69 Å². The van der Waals surface area contributed by atoms with E-state index in [1.165, 1.54) is 0 Å². The molecule has 1 amide bonds. The minimum atomic E-state index is -0.734. The van der Waals surface area contributed by atoms with E-state index in [1.54, 1.807) is 13.2 Å². The van der Waals surface area contributed by atoms with Crippen molar-refractivity contribution in [3.8, 4) is 5.75 Å². The number of carbonyl (C=O) groups is 1. The Balaban J connectivity index is 0.00000320. The van der Waals surface area contributed by atoms with Crippen LogP contribution in [0.3, 0.4) is 0 Å². The van der Waals surface area contributed by atoms with Crippen LogP contribution in [0, 0.1) is 0 Å². The summed E-state index contributed by atoms with van der Waals surface area (Å²) in [7, 11) is 1.60. The standard InChI is InChI=1S/C22H28N4O3.HI/c1-3-23-22(25-14-20(27)15-7-6-8-17(11-15)29-2)24-13-16-12-21(28)26-19-10-5-4-9-18(16)19;/h4-11,16,20,27H,3,12-14H2,1-2H3,(H,26,28)(H2,23,24,25);1H. The van der Waals surface area contributed by atoms with Crippen LogP contribution in [-0.4, -0.2) is 43.7 Å². The van der Waals surface area contributed by atoms with Crippen LogP contribution in [0.2, 0.25) is 0 Å². The molecular formula is C22H29IN4O3. The van der Waals surface area contributed by atoms with Crippen LogP contribution in [0.15, 0.2) is 53.5 Å². The summed E-state index contributed by atoms with van der Waals surface area (Å²) in [5, 5.41) is 19.9. The Bertz CT molecular complexity index is 875. The van der Waals surface area contributed by atoms with Gasteiger partial charge in [-0.25, -0.2) is 0 Å². The van der Waals surface area contributed by atoms with E-state index < -0.39 is 6.10 Å². The number of para-hydroxylation sites is 1. The molecule has 0 spiro atoms. The highest BCUT2D eigenvalue weighted by Crippen LogP contribution is 2.31. The Labute approximate surface area is 194 Å². The summed E-state index contributed by atoms with van der Waals surface area (Å²) in [6, 6.07) is 15.2. The van der Waals surface area contributed by atoms with Crippen molar-refractivity contribution in [2.45, 2.75) is 25.4 Å². The minimum absolute atomic E-state index is 0. The van der Waals surface area contributed by atoms with Gasteiger partial charge in [-0.2, -0.15) is 0 Å². The Morgan fingerprint density at radius 1 is 1.27 bits per heavy atom. The molecule has 1 aliphatic rings. The van der Waals surface area contributed by atoms with Gasteiger partial charge in [-0.1, -0.05) is 30.3 Å². The summed E-state index contributed by atoms with van der Waals surface area (Å²) in [5.74, 6) is 1.39. The number of aliphatic hydroxyl groups excluding tert-OH is 1. The van der Waals surface area contributed by atoms with E-state index in [4.69, 9.17) is 4.74 Å². The maximum absolute atomic E-state index is 12.0. The second kappa shape index (κ2) is 11.8. The van der Waals surface area contributed by atoms with Gasteiger partial charge in [-0.3, -0.25) is 9.79 Å². The van der Waals surface area contributed by atoms with E-state index in [9.17, 15) is 9.90 Å². The Morgan fingerprint density at radius 3 is 2.83 bits per heavy atom. The molecule has 1 heterocycles. The normalized spacial score (nSPS) is 16.6. The lowest BCUT2D eigenvalue weighted by atomic mass is 9.90. The third kappa shape index (κ3) is 6.33. The van der Waals surface area contributed by atoms with Crippen molar-refractivity contribution in [3.05, 3.63) is 59.7 Å². The molecule has 0 saturated carbocycles. The second-order valence-corrected chi connectivity index (χ2v) is 6.93. The Morgan fingerprint density at radius 2 is 2.07 bits per heavy atom. The van der Waals surface area contributed by atoms with Crippen molar-refractivity contribution in [1.82, 2.24) is 10.6 Å². The zero-order valence-corrected chi connectivity index (χ0v) is 19.6. The summed E-state index contributed by atoms with van der Waals surface area (Å²) in [6.45, 7) is 3.47. The number of aliphatic imine (C=N–C) groups is 1. The first-order valence-corrected chi connectivity index (χ1v) is 9.83. The third-order valence-corrected chi connectivity index (χ3v) is 4.87. The fourth-order valence-corrected chi connectivity index (χ4v) is 3.38. The number of guanidine groups is 1. The SMILES string of the molecule is CCNC(=NCC(O)c1cccc(OC)c1)NCC1CC(=O)Nc2ccccc21.I. The van der Waals surface area contributed by atoms with Gasteiger partial charge in [0, 0.05) is 31.1 Å². The number of fused-ring (bicyclic) bond motifs is 1. The molecule has 0 saturated heterocycles. The second-order valence-electron chi connectivity index (χ2n) is 6.93. The number of halogens is 1. The van der Waals surface area contributed by atoms with E-state index in [0.29, 0.717) is 31.2 Å². The molecule has 0 bridgehead atoms. The number of rotatable bonds is 7. The van der Waals surface area contributed by atoms with Crippen LogP contribution < -0.4 is 20.7 Å². The molecule has 7 nitrogen and oxygen atoms in total. The molecule has 0 radical (unpaired) electrons. The van der Waals surface area contributed by atoms with Crippen LogP contribution in [-0.2, 0) is 4.79 Å². The lowest BCUT2D eigenvalue weighted by molar-refractivity contribution is -0.116. The van der Waals surface area contributed by atoms with Crippen molar-refractivity contribution < 1.29 is 14.6 Å². The fourth-order valence-electron chi connectivity index (χ4n) is 3.38. The molecule has 0 aromatic heterocycles. The minimum Gasteiger partial charge on any atom is -0.497 e.